The van der Waals surface area contributed by atoms with E-state index in [1.54, 1.807) is 6.92 Å². The first-order valence-electron chi connectivity index (χ1n) is 4.20. The van der Waals surface area contributed by atoms with Crippen LogP contribution in [0, 0.1) is 0 Å². The highest BCUT2D eigenvalue weighted by Crippen LogP contribution is 2.14. The van der Waals surface area contributed by atoms with Crippen LogP contribution in [0.3, 0.4) is 0 Å². The van der Waals surface area contributed by atoms with Crippen molar-refractivity contribution in [2.45, 2.75) is 11.8 Å². The Morgan fingerprint density at radius 3 is 2.67 bits per heavy atom. The molecule has 0 amide bonds. The lowest BCUT2D eigenvalue weighted by atomic mass is 10.2. The minimum Gasteiger partial charge on any atom is -0.478 e. The number of hydrogen-bond acceptors (Lipinski definition) is 4. The Bertz CT molecular complexity index is 463. The molecule has 0 saturated carbocycles. The van der Waals surface area contributed by atoms with Crippen LogP contribution < -0.4 is 0 Å². The van der Waals surface area contributed by atoms with Crippen LogP contribution >= 0.6 is 0 Å². The van der Waals surface area contributed by atoms with Crippen LogP contribution in [0.4, 0.5) is 0 Å². The van der Waals surface area contributed by atoms with Crippen LogP contribution in [0.5, 0.6) is 0 Å². The molecule has 0 saturated heterocycles. The van der Waals surface area contributed by atoms with Gasteiger partial charge in [0.25, 0.3) is 10.1 Å². The fraction of sp³-hybridized carbons (Fsp3) is 0.222. The second-order valence-corrected chi connectivity index (χ2v) is 4.31. The number of rotatable bonds is 4. The Labute approximate surface area is 87.4 Å². The summed E-state index contributed by atoms with van der Waals surface area (Å²) in [4.78, 5) is 10.5. The standard InChI is InChI=1S/C9H10O5S/c1-2-14-15(12,13)8-5-3-4-7(6-8)9(10)11/h3-6H,2H2,1H3,(H,10,11). The van der Waals surface area contributed by atoms with E-state index in [1.807, 2.05) is 0 Å². The quantitative estimate of drug-likeness (QED) is 0.783. The van der Waals surface area contributed by atoms with Gasteiger partial charge in [0, 0.05) is 0 Å². The van der Waals surface area contributed by atoms with E-state index >= 15 is 0 Å². The topological polar surface area (TPSA) is 80.7 Å². The van der Waals surface area contributed by atoms with Crippen molar-refractivity contribution in [3.05, 3.63) is 29.8 Å². The van der Waals surface area contributed by atoms with Gasteiger partial charge in [-0.15, -0.1) is 0 Å². The largest absolute Gasteiger partial charge is 0.478 e. The minimum absolute atomic E-state index is 0.0135. The highest BCUT2D eigenvalue weighted by atomic mass is 32.2. The third-order valence-electron chi connectivity index (χ3n) is 1.64. The summed E-state index contributed by atoms with van der Waals surface area (Å²) >= 11 is 0. The molecular formula is C9H10O5S. The van der Waals surface area contributed by atoms with Crippen molar-refractivity contribution in [1.82, 2.24) is 0 Å². The van der Waals surface area contributed by atoms with Gasteiger partial charge in [-0.2, -0.15) is 8.42 Å². The molecule has 6 heteroatoms. The van der Waals surface area contributed by atoms with Gasteiger partial charge in [0.1, 0.15) is 0 Å². The van der Waals surface area contributed by atoms with Crippen molar-refractivity contribution in [3.8, 4) is 0 Å². The maximum absolute atomic E-state index is 11.4. The zero-order valence-corrected chi connectivity index (χ0v) is 8.82. The Morgan fingerprint density at radius 2 is 2.13 bits per heavy atom. The summed E-state index contributed by atoms with van der Waals surface area (Å²) in [7, 11) is -3.83. The molecule has 0 radical (unpaired) electrons. The summed E-state index contributed by atoms with van der Waals surface area (Å²) in [6.45, 7) is 1.55. The maximum Gasteiger partial charge on any atom is 0.335 e. The van der Waals surface area contributed by atoms with Crippen molar-refractivity contribution < 1.29 is 22.5 Å². The predicted octanol–water partition coefficient (Wildman–Crippen LogP) is 1.11. The molecule has 0 aromatic heterocycles. The van der Waals surface area contributed by atoms with Crippen LogP contribution in [-0.2, 0) is 14.3 Å². The Kier molecular flexibility index (Phi) is 3.43. The molecule has 0 unspecified atom stereocenters. The second kappa shape index (κ2) is 4.41. The molecule has 1 aromatic carbocycles. The monoisotopic (exact) mass is 230 g/mol. The molecule has 15 heavy (non-hydrogen) atoms. The zero-order chi connectivity index (χ0) is 11.5. The molecule has 0 aliphatic heterocycles. The van der Waals surface area contributed by atoms with Crippen molar-refractivity contribution in [2.75, 3.05) is 6.61 Å². The van der Waals surface area contributed by atoms with Crippen LogP contribution in [0.25, 0.3) is 0 Å². The average Bonchev–Trinajstić information content (AvgIpc) is 2.18. The van der Waals surface area contributed by atoms with Gasteiger partial charge in [0.15, 0.2) is 0 Å². The Morgan fingerprint density at radius 1 is 1.47 bits per heavy atom. The minimum atomic E-state index is -3.83. The highest BCUT2D eigenvalue weighted by molar-refractivity contribution is 7.86. The van der Waals surface area contributed by atoms with Gasteiger partial charge in [-0.05, 0) is 25.1 Å². The van der Waals surface area contributed by atoms with E-state index in [1.165, 1.54) is 18.2 Å². The van der Waals surface area contributed by atoms with E-state index < -0.39 is 16.1 Å². The Hall–Kier alpha value is -1.40. The predicted molar refractivity (Wildman–Crippen MR) is 52.2 cm³/mol. The van der Waals surface area contributed by atoms with Crippen LogP contribution in [0.2, 0.25) is 0 Å². The third-order valence-corrected chi connectivity index (χ3v) is 3.02. The van der Waals surface area contributed by atoms with Crippen molar-refractivity contribution in [1.29, 1.82) is 0 Å². The average molecular weight is 230 g/mol. The first-order valence-corrected chi connectivity index (χ1v) is 5.61. The molecule has 0 heterocycles. The molecule has 82 valence electrons. The molecule has 1 aromatic rings. The number of aromatic carboxylic acids is 1. The van der Waals surface area contributed by atoms with Crippen LogP contribution in [0.1, 0.15) is 17.3 Å². The smallest absolute Gasteiger partial charge is 0.335 e. The third kappa shape index (κ3) is 2.77. The van der Waals surface area contributed by atoms with Gasteiger partial charge in [-0.3, -0.25) is 4.18 Å². The summed E-state index contributed by atoms with van der Waals surface area (Å²) < 4.78 is 27.3. The lowest BCUT2D eigenvalue weighted by Crippen LogP contribution is -2.07. The van der Waals surface area contributed by atoms with Gasteiger partial charge < -0.3 is 5.11 Å². The van der Waals surface area contributed by atoms with Gasteiger partial charge in [0.05, 0.1) is 17.1 Å². The number of carbonyl (C=O) groups is 1. The summed E-state index contributed by atoms with van der Waals surface area (Å²) in [5.74, 6) is -1.18. The fourth-order valence-electron chi connectivity index (χ4n) is 1.01. The molecule has 5 nitrogen and oxygen atoms in total. The normalized spacial score (nSPS) is 11.3. The van der Waals surface area contributed by atoms with E-state index in [-0.39, 0.29) is 17.1 Å². The SMILES string of the molecule is CCOS(=O)(=O)c1cccc(C(=O)O)c1. The lowest BCUT2D eigenvalue weighted by Gasteiger charge is -2.03. The number of benzene rings is 1. The van der Waals surface area contributed by atoms with E-state index in [0.717, 1.165) is 6.07 Å². The van der Waals surface area contributed by atoms with Crippen molar-refractivity contribution >= 4 is 16.1 Å². The van der Waals surface area contributed by atoms with Crippen molar-refractivity contribution in [3.63, 3.8) is 0 Å². The van der Waals surface area contributed by atoms with Gasteiger partial charge >= 0.3 is 5.97 Å². The number of carboxylic acid groups (broad SMARTS) is 1. The number of hydrogen-bond donors (Lipinski definition) is 1. The molecule has 1 N–H and O–H groups in total. The zero-order valence-electron chi connectivity index (χ0n) is 8.00. The number of carboxylic acids is 1. The highest BCUT2D eigenvalue weighted by Gasteiger charge is 2.15. The maximum atomic E-state index is 11.4. The molecule has 0 aliphatic rings. The summed E-state index contributed by atoms with van der Waals surface area (Å²) in [5, 5.41) is 8.67. The molecule has 0 atom stereocenters. The molecule has 0 spiro atoms. The van der Waals surface area contributed by atoms with E-state index in [0.29, 0.717) is 0 Å². The van der Waals surface area contributed by atoms with Crippen LogP contribution in [-0.4, -0.2) is 26.1 Å². The van der Waals surface area contributed by atoms with E-state index in [2.05, 4.69) is 4.18 Å². The summed E-state index contributed by atoms with van der Waals surface area (Å²) in [6.07, 6.45) is 0. The molecular weight excluding hydrogens is 220 g/mol. The molecule has 0 bridgehead atoms. The molecule has 0 aliphatic carbocycles. The first kappa shape index (κ1) is 11.7. The van der Waals surface area contributed by atoms with E-state index in [9.17, 15) is 13.2 Å². The summed E-state index contributed by atoms with van der Waals surface area (Å²) in [6, 6.07) is 5.02. The first-order chi connectivity index (χ1) is 6.97. The summed E-state index contributed by atoms with van der Waals surface area (Å²) in [5.41, 5.74) is -0.0872. The molecule has 1 rings (SSSR count). The second-order valence-electron chi connectivity index (χ2n) is 2.69. The van der Waals surface area contributed by atoms with Gasteiger partial charge in [-0.1, -0.05) is 6.07 Å². The van der Waals surface area contributed by atoms with Crippen LogP contribution in [0.15, 0.2) is 29.2 Å². The van der Waals surface area contributed by atoms with Gasteiger partial charge in [0.2, 0.25) is 0 Å². The molecule has 0 fully saturated rings. The lowest BCUT2D eigenvalue weighted by molar-refractivity contribution is 0.0696. The van der Waals surface area contributed by atoms with Crippen molar-refractivity contribution in [2.24, 2.45) is 0 Å². The van der Waals surface area contributed by atoms with Gasteiger partial charge in [-0.25, -0.2) is 4.79 Å². The van der Waals surface area contributed by atoms with E-state index in [4.69, 9.17) is 5.11 Å². The fourth-order valence-corrected chi connectivity index (χ4v) is 1.97. The Balaban J connectivity index is 3.16.